The number of carbonyl (C=O) groups excluding carboxylic acids is 1. The average molecular weight is 274 g/mol. The van der Waals surface area contributed by atoms with Gasteiger partial charge in [-0.15, -0.1) is 0 Å². The molecule has 104 valence electrons. The van der Waals surface area contributed by atoms with Gasteiger partial charge in [-0.2, -0.15) is 0 Å². The largest absolute Gasteiger partial charge is 0.341 e. The van der Waals surface area contributed by atoms with E-state index in [1.165, 1.54) is 0 Å². The molecule has 1 amide bonds. The first kappa shape index (κ1) is 13.8. The quantitative estimate of drug-likeness (QED) is 0.785. The van der Waals surface area contributed by atoms with E-state index >= 15 is 0 Å². The molecular weight excluding hydrogens is 252 g/mol. The molecule has 0 radical (unpaired) electrons. The molecule has 2 aliphatic rings. The third-order valence-electron chi connectivity index (χ3n) is 3.88. The Kier molecular flexibility index (Phi) is 4.27. The highest BCUT2D eigenvalue weighted by molar-refractivity contribution is 7.91. The van der Waals surface area contributed by atoms with E-state index in [0.717, 1.165) is 19.4 Å². The van der Waals surface area contributed by atoms with E-state index in [1.54, 1.807) is 0 Å². The summed E-state index contributed by atoms with van der Waals surface area (Å²) >= 11 is 0. The first-order valence-electron chi connectivity index (χ1n) is 6.74. The molecule has 1 N–H and O–H groups in total. The second-order valence-electron chi connectivity index (χ2n) is 5.27. The van der Waals surface area contributed by atoms with Gasteiger partial charge in [-0.25, -0.2) is 8.42 Å². The van der Waals surface area contributed by atoms with Crippen molar-refractivity contribution in [2.24, 2.45) is 5.92 Å². The van der Waals surface area contributed by atoms with Crippen LogP contribution in [-0.2, 0) is 14.6 Å². The van der Waals surface area contributed by atoms with Crippen LogP contribution in [0.3, 0.4) is 0 Å². The summed E-state index contributed by atoms with van der Waals surface area (Å²) in [7, 11) is -2.97. The molecule has 6 heteroatoms. The summed E-state index contributed by atoms with van der Waals surface area (Å²) in [6.07, 6.45) is 2.76. The number of sulfone groups is 1. The third-order valence-corrected chi connectivity index (χ3v) is 5.65. The lowest BCUT2D eigenvalue weighted by atomic mass is 10.1. The van der Waals surface area contributed by atoms with E-state index in [2.05, 4.69) is 5.32 Å². The van der Waals surface area contributed by atoms with E-state index in [1.807, 2.05) is 11.8 Å². The van der Waals surface area contributed by atoms with Crippen molar-refractivity contribution in [2.75, 3.05) is 31.1 Å². The second kappa shape index (κ2) is 5.57. The zero-order valence-electron chi connectivity index (χ0n) is 10.9. The number of likely N-dealkylation sites (N-methyl/N-ethyl adjacent to an activating group) is 1. The van der Waals surface area contributed by atoms with Gasteiger partial charge in [0.1, 0.15) is 0 Å². The van der Waals surface area contributed by atoms with Crippen LogP contribution in [0.25, 0.3) is 0 Å². The SMILES string of the molecule is CCN(CC1CCCN1)C(=O)C1CCS(=O)(=O)C1. The lowest BCUT2D eigenvalue weighted by molar-refractivity contribution is -0.134. The Morgan fingerprint density at radius 2 is 2.17 bits per heavy atom. The summed E-state index contributed by atoms with van der Waals surface area (Å²) in [5.41, 5.74) is 0. The van der Waals surface area contributed by atoms with Gasteiger partial charge in [-0.1, -0.05) is 0 Å². The number of nitrogens with zero attached hydrogens (tertiary/aromatic N) is 1. The van der Waals surface area contributed by atoms with E-state index in [0.29, 0.717) is 25.6 Å². The summed E-state index contributed by atoms with van der Waals surface area (Å²) < 4.78 is 22.8. The number of nitrogens with one attached hydrogen (secondary N) is 1. The van der Waals surface area contributed by atoms with E-state index < -0.39 is 9.84 Å². The van der Waals surface area contributed by atoms with Gasteiger partial charge < -0.3 is 10.2 Å². The minimum absolute atomic E-state index is 0.0206. The lowest BCUT2D eigenvalue weighted by Gasteiger charge is -2.26. The molecule has 0 bridgehead atoms. The molecular formula is C12H22N2O3S. The molecule has 0 aromatic heterocycles. The van der Waals surface area contributed by atoms with Crippen molar-refractivity contribution >= 4 is 15.7 Å². The van der Waals surface area contributed by atoms with Crippen LogP contribution in [0.1, 0.15) is 26.2 Å². The summed E-state index contributed by atoms with van der Waals surface area (Å²) in [4.78, 5) is 14.1. The molecule has 0 spiro atoms. The molecule has 2 aliphatic heterocycles. The molecule has 0 aliphatic carbocycles. The molecule has 2 saturated heterocycles. The van der Waals surface area contributed by atoms with E-state index in [9.17, 15) is 13.2 Å². The van der Waals surface area contributed by atoms with Crippen LogP contribution in [-0.4, -0.2) is 56.4 Å². The molecule has 2 unspecified atom stereocenters. The van der Waals surface area contributed by atoms with Crippen LogP contribution >= 0.6 is 0 Å². The number of hydrogen-bond donors (Lipinski definition) is 1. The molecule has 0 saturated carbocycles. The highest BCUT2D eigenvalue weighted by Gasteiger charge is 2.35. The Labute approximate surface area is 109 Å². The summed E-state index contributed by atoms with van der Waals surface area (Å²) in [5, 5.41) is 3.37. The van der Waals surface area contributed by atoms with Gasteiger partial charge in [0.2, 0.25) is 5.91 Å². The van der Waals surface area contributed by atoms with Gasteiger partial charge in [0, 0.05) is 19.1 Å². The first-order chi connectivity index (χ1) is 8.52. The van der Waals surface area contributed by atoms with Crippen molar-refractivity contribution in [3.05, 3.63) is 0 Å². The standard InChI is InChI=1S/C12H22N2O3S/c1-2-14(8-11-4-3-6-13-11)12(15)10-5-7-18(16,17)9-10/h10-11,13H,2-9H2,1H3. The monoisotopic (exact) mass is 274 g/mol. The van der Waals surface area contributed by atoms with Crippen LogP contribution in [0.15, 0.2) is 0 Å². The normalized spacial score (nSPS) is 30.5. The summed E-state index contributed by atoms with van der Waals surface area (Å²) in [6, 6.07) is 0.381. The minimum Gasteiger partial charge on any atom is -0.341 e. The van der Waals surface area contributed by atoms with Crippen molar-refractivity contribution in [1.29, 1.82) is 0 Å². The third kappa shape index (κ3) is 3.23. The fraction of sp³-hybridized carbons (Fsp3) is 0.917. The Balaban J connectivity index is 1.93. The summed E-state index contributed by atoms with van der Waals surface area (Å²) in [6.45, 7) is 4.35. The number of amides is 1. The van der Waals surface area contributed by atoms with Gasteiger partial charge >= 0.3 is 0 Å². The molecule has 2 atom stereocenters. The van der Waals surface area contributed by atoms with Crippen molar-refractivity contribution < 1.29 is 13.2 Å². The van der Waals surface area contributed by atoms with Gasteiger partial charge in [0.25, 0.3) is 0 Å². The smallest absolute Gasteiger partial charge is 0.226 e. The van der Waals surface area contributed by atoms with Gasteiger partial charge in [-0.3, -0.25) is 4.79 Å². The Morgan fingerprint density at radius 1 is 1.39 bits per heavy atom. The van der Waals surface area contributed by atoms with Gasteiger partial charge in [0.15, 0.2) is 9.84 Å². The number of carbonyl (C=O) groups is 1. The predicted octanol–water partition coefficient (Wildman–Crippen LogP) is 0.0216. The molecule has 2 heterocycles. The Bertz CT molecular complexity index is 402. The molecule has 0 aromatic rings. The highest BCUT2D eigenvalue weighted by atomic mass is 32.2. The maximum Gasteiger partial charge on any atom is 0.226 e. The zero-order valence-corrected chi connectivity index (χ0v) is 11.7. The highest BCUT2D eigenvalue weighted by Crippen LogP contribution is 2.21. The fourth-order valence-corrected chi connectivity index (χ4v) is 4.53. The molecule has 5 nitrogen and oxygen atoms in total. The molecule has 2 rings (SSSR count). The van der Waals surface area contributed by atoms with Gasteiger partial charge in [0.05, 0.1) is 17.4 Å². The molecule has 2 fully saturated rings. The lowest BCUT2D eigenvalue weighted by Crippen LogP contribution is -2.43. The topological polar surface area (TPSA) is 66.5 Å². The van der Waals surface area contributed by atoms with Crippen molar-refractivity contribution in [3.8, 4) is 0 Å². The average Bonchev–Trinajstić information content (AvgIpc) is 2.94. The van der Waals surface area contributed by atoms with Crippen LogP contribution in [0.4, 0.5) is 0 Å². The van der Waals surface area contributed by atoms with Crippen molar-refractivity contribution in [3.63, 3.8) is 0 Å². The van der Waals surface area contributed by atoms with Gasteiger partial charge in [-0.05, 0) is 32.7 Å². The Hall–Kier alpha value is -0.620. The zero-order chi connectivity index (χ0) is 13.2. The van der Waals surface area contributed by atoms with Crippen molar-refractivity contribution in [2.45, 2.75) is 32.2 Å². The summed E-state index contributed by atoms with van der Waals surface area (Å²) in [5.74, 6) is -0.0769. The first-order valence-corrected chi connectivity index (χ1v) is 8.56. The van der Waals surface area contributed by atoms with Crippen LogP contribution in [0, 0.1) is 5.92 Å². The minimum atomic E-state index is -2.97. The maximum absolute atomic E-state index is 12.3. The van der Waals surface area contributed by atoms with E-state index in [4.69, 9.17) is 0 Å². The number of rotatable bonds is 4. The second-order valence-corrected chi connectivity index (χ2v) is 7.50. The van der Waals surface area contributed by atoms with Crippen LogP contribution in [0.2, 0.25) is 0 Å². The van der Waals surface area contributed by atoms with Crippen molar-refractivity contribution in [1.82, 2.24) is 10.2 Å². The molecule has 18 heavy (non-hydrogen) atoms. The number of hydrogen-bond acceptors (Lipinski definition) is 4. The van der Waals surface area contributed by atoms with Crippen LogP contribution < -0.4 is 5.32 Å². The van der Waals surface area contributed by atoms with Crippen LogP contribution in [0.5, 0.6) is 0 Å². The van der Waals surface area contributed by atoms with E-state index in [-0.39, 0.29) is 23.3 Å². The maximum atomic E-state index is 12.3. The Morgan fingerprint density at radius 3 is 2.67 bits per heavy atom. The predicted molar refractivity (Wildman–Crippen MR) is 70.0 cm³/mol. The molecule has 0 aromatic carbocycles. The fourth-order valence-electron chi connectivity index (χ4n) is 2.80.